The summed E-state index contributed by atoms with van der Waals surface area (Å²) in [5.41, 5.74) is 5.05. The molecule has 2 saturated heterocycles. The summed E-state index contributed by atoms with van der Waals surface area (Å²) in [6, 6.07) is 6.13. The minimum Gasteiger partial charge on any atom is -0.444 e. The van der Waals surface area contributed by atoms with Crippen LogP contribution in [0.25, 0.3) is 0 Å². The van der Waals surface area contributed by atoms with E-state index < -0.39 is 37.3 Å². The van der Waals surface area contributed by atoms with Crippen molar-refractivity contribution in [1.82, 2.24) is 9.80 Å². The fourth-order valence-corrected chi connectivity index (χ4v) is 13.3. The lowest BCUT2D eigenvalue weighted by Crippen LogP contribution is -2.55. The average Bonchev–Trinajstić information content (AvgIpc) is 3.59. The molecule has 8 heteroatoms. The van der Waals surface area contributed by atoms with Gasteiger partial charge in [0.15, 0.2) is 0 Å². The van der Waals surface area contributed by atoms with Gasteiger partial charge in [0.2, 0.25) is 11.8 Å². The first kappa shape index (κ1) is 32.9. The monoisotopic (exact) mass is 605 g/mol. The predicted octanol–water partition coefficient (Wildman–Crippen LogP) is 7.04. The number of ether oxygens (including phenoxy) is 1. The summed E-state index contributed by atoms with van der Waals surface area (Å²) in [6.45, 7) is 21.5. The number of benzene rings is 1. The SMILES string of the molecule is C/C=C/[C@H]1C[C@@]2(C(=O)Nc3ccccc32)C(C#C[Si](C(C)C)(C(C)C)C(C)C)N1C(=O)[C@@H]1CCCN1C(=O)OC(C)(C)C. The molecule has 3 aliphatic heterocycles. The molecule has 4 rings (SSSR count). The Hall–Kier alpha value is -3.05. The highest BCUT2D eigenvalue weighted by Gasteiger charge is 2.62. The zero-order valence-corrected chi connectivity index (χ0v) is 28.8. The first-order valence-corrected chi connectivity index (χ1v) is 18.2. The van der Waals surface area contributed by atoms with Crippen LogP contribution in [0, 0.1) is 11.5 Å². The van der Waals surface area contributed by atoms with Gasteiger partial charge in [0.25, 0.3) is 0 Å². The second-order valence-corrected chi connectivity index (χ2v) is 20.0. The Bertz CT molecular complexity index is 1310. The standard InChI is InChI=1S/C35H51N3O4Si/c1-11-15-26-22-35(27-16-12-13-17-28(27)36-32(35)40)30(19-21-43(23(2)3,24(4)5)25(6)7)38(26)31(39)29-18-14-20-37(29)33(41)42-34(8,9)10/h11-13,15-17,23-26,29-30H,14,18,20,22H2,1-10H3,(H,36,40)/b15-11+/t26-,29-,30?,35-/m0/s1. The van der Waals surface area contributed by atoms with Crippen LogP contribution in [0.1, 0.15) is 94.1 Å². The highest BCUT2D eigenvalue weighted by atomic mass is 28.3. The maximum atomic E-state index is 14.8. The second kappa shape index (κ2) is 12.1. The molecule has 43 heavy (non-hydrogen) atoms. The number of hydrogen-bond donors (Lipinski definition) is 1. The van der Waals surface area contributed by atoms with E-state index in [0.717, 1.165) is 11.3 Å². The largest absolute Gasteiger partial charge is 0.444 e. The van der Waals surface area contributed by atoms with Crippen LogP contribution in [0.5, 0.6) is 0 Å². The number of para-hydroxylation sites is 1. The second-order valence-electron chi connectivity index (χ2n) is 14.4. The lowest BCUT2D eigenvalue weighted by Gasteiger charge is -2.39. The molecule has 7 nitrogen and oxygen atoms in total. The van der Waals surface area contributed by atoms with Crippen molar-refractivity contribution >= 4 is 31.7 Å². The number of nitrogens with zero attached hydrogens (tertiary/aromatic N) is 2. The third kappa shape index (κ3) is 5.66. The molecule has 4 atom stereocenters. The summed E-state index contributed by atoms with van der Waals surface area (Å²) in [4.78, 5) is 45.6. The minimum atomic E-state index is -2.20. The van der Waals surface area contributed by atoms with Crippen molar-refractivity contribution in [2.45, 2.75) is 134 Å². The zero-order valence-electron chi connectivity index (χ0n) is 27.8. The van der Waals surface area contributed by atoms with E-state index in [0.29, 0.717) is 42.4 Å². The fourth-order valence-electron chi connectivity index (χ4n) is 8.01. The van der Waals surface area contributed by atoms with Crippen molar-refractivity contribution in [3.8, 4) is 11.5 Å². The van der Waals surface area contributed by atoms with E-state index in [2.05, 4.69) is 58.3 Å². The Morgan fingerprint density at radius 1 is 1.09 bits per heavy atom. The van der Waals surface area contributed by atoms with Crippen LogP contribution in [-0.4, -0.2) is 66.1 Å². The fraction of sp³-hybridized carbons (Fsp3) is 0.629. The number of hydrogen-bond acceptors (Lipinski definition) is 4. The Morgan fingerprint density at radius 2 is 1.72 bits per heavy atom. The average molecular weight is 606 g/mol. The normalized spacial score (nSPS) is 25.6. The lowest BCUT2D eigenvalue weighted by atomic mass is 9.74. The van der Waals surface area contributed by atoms with Gasteiger partial charge in [0.1, 0.15) is 31.2 Å². The van der Waals surface area contributed by atoms with Crippen LogP contribution < -0.4 is 5.32 Å². The Morgan fingerprint density at radius 3 is 2.30 bits per heavy atom. The Balaban J connectivity index is 1.91. The van der Waals surface area contributed by atoms with Gasteiger partial charge in [-0.2, -0.15) is 0 Å². The number of carbonyl (C=O) groups excluding carboxylic acids is 3. The van der Waals surface area contributed by atoms with E-state index in [4.69, 9.17) is 4.74 Å². The molecule has 2 fully saturated rings. The van der Waals surface area contributed by atoms with E-state index in [9.17, 15) is 14.4 Å². The molecular formula is C35H51N3O4Si. The molecular weight excluding hydrogens is 554 g/mol. The van der Waals surface area contributed by atoms with Gasteiger partial charge < -0.3 is 15.0 Å². The van der Waals surface area contributed by atoms with Crippen LogP contribution in [0.15, 0.2) is 36.4 Å². The predicted molar refractivity (Wildman–Crippen MR) is 175 cm³/mol. The van der Waals surface area contributed by atoms with Crippen molar-refractivity contribution in [2.75, 3.05) is 11.9 Å². The number of carbonyl (C=O) groups is 3. The maximum absolute atomic E-state index is 14.8. The van der Waals surface area contributed by atoms with E-state index in [1.807, 2.05) is 69.0 Å². The van der Waals surface area contributed by atoms with E-state index >= 15 is 0 Å². The van der Waals surface area contributed by atoms with E-state index in [-0.39, 0.29) is 17.9 Å². The molecule has 1 aromatic carbocycles. The van der Waals surface area contributed by atoms with Crippen molar-refractivity contribution in [3.05, 3.63) is 42.0 Å². The quantitative estimate of drug-likeness (QED) is 0.222. The number of allylic oxidation sites excluding steroid dienone is 1. The molecule has 1 N–H and O–H groups in total. The number of anilines is 1. The van der Waals surface area contributed by atoms with Crippen LogP contribution in [0.3, 0.4) is 0 Å². The summed E-state index contributed by atoms with van der Waals surface area (Å²) in [5, 5.41) is 3.13. The van der Waals surface area contributed by atoms with E-state index in [1.165, 1.54) is 0 Å². The highest BCUT2D eigenvalue weighted by Crippen LogP contribution is 2.51. The van der Waals surface area contributed by atoms with Crippen LogP contribution in [0.4, 0.5) is 10.5 Å². The third-order valence-electron chi connectivity index (χ3n) is 9.82. The Labute approximate surface area is 259 Å². The number of fused-ring (bicyclic) bond motifs is 2. The van der Waals surface area contributed by atoms with Crippen molar-refractivity contribution in [3.63, 3.8) is 0 Å². The van der Waals surface area contributed by atoms with Gasteiger partial charge in [-0.3, -0.25) is 14.5 Å². The molecule has 1 unspecified atom stereocenters. The first-order valence-electron chi connectivity index (χ1n) is 16.0. The Kier molecular flexibility index (Phi) is 9.28. The summed E-state index contributed by atoms with van der Waals surface area (Å²) in [5.74, 6) is 3.41. The highest BCUT2D eigenvalue weighted by molar-refractivity contribution is 6.90. The molecule has 0 saturated carbocycles. The molecule has 3 amide bonds. The van der Waals surface area contributed by atoms with Crippen LogP contribution >= 0.6 is 0 Å². The minimum absolute atomic E-state index is 0.112. The molecule has 0 radical (unpaired) electrons. The van der Waals surface area contributed by atoms with Gasteiger partial charge in [-0.25, -0.2) is 4.79 Å². The number of amides is 3. The molecule has 0 aromatic heterocycles. The zero-order chi connectivity index (χ0) is 31.9. The molecule has 0 bridgehead atoms. The topological polar surface area (TPSA) is 79.0 Å². The summed E-state index contributed by atoms with van der Waals surface area (Å²) in [6.07, 6.45) is 5.19. The summed E-state index contributed by atoms with van der Waals surface area (Å²) >= 11 is 0. The molecule has 0 aliphatic carbocycles. The summed E-state index contributed by atoms with van der Waals surface area (Å²) in [7, 11) is -2.20. The molecule has 3 heterocycles. The molecule has 3 aliphatic rings. The maximum Gasteiger partial charge on any atom is 0.410 e. The number of likely N-dealkylation sites (tertiary alicyclic amines) is 2. The van der Waals surface area contributed by atoms with E-state index in [1.54, 1.807) is 4.90 Å². The number of rotatable bonds is 5. The van der Waals surface area contributed by atoms with Crippen molar-refractivity contribution in [1.29, 1.82) is 0 Å². The van der Waals surface area contributed by atoms with Gasteiger partial charge in [0, 0.05) is 12.2 Å². The van der Waals surface area contributed by atoms with Gasteiger partial charge in [0.05, 0.1) is 6.04 Å². The first-order chi connectivity index (χ1) is 20.1. The van der Waals surface area contributed by atoms with Gasteiger partial charge in [-0.1, -0.05) is 77.8 Å². The lowest BCUT2D eigenvalue weighted by molar-refractivity contribution is -0.137. The van der Waals surface area contributed by atoms with Gasteiger partial charge in [-0.15, -0.1) is 5.54 Å². The van der Waals surface area contributed by atoms with Crippen LogP contribution in [-0.2, 0) is 19.7 Å². The number of nitrogens with one attached hydrogen (secondary N) is 1. The smallest absolute Gasteiger partial charge is 0.410 e. The van der Waals surface area contributed by atoms with Gasteiger partial charge in [-0.05, 0) is 75.2 Å². The molecule has 234 valence electrons. The molecule has 1 aromatic rings. The molecule has 1 spiro atoms. The third-order valence-corrected chi connectivity index (χ3v) is 16.1. The van der Waals surface area contributed by atoms with Crippen molar-refractivity contribution < 1.29 is 19.1 Å². The summed E-state index contributed by atoms with van der Waals surface area (Å²) < 4.78 is 5.71. The van der Waals surface area contributed by atoms with Crippen molar-refractivity contribution in [2.24, 2.45) is 0 Å². The van der Waals surface area contributed by atoms with Crippen LogP contribution in [0.2, 0.25) is 16.6 Å². The van der Waals surface area contributed by atoms with Gasteiger partial charge >= 0.3 is 6.09 Å².